The third-order valence-corrected chi connectivity index (χ3v) is 7.55. The number of hydrogen-bond acceptors (Lipinski definition) is 7. The number of carbonyl (C=O) groups excluding carboxylic acids is 1. The second-order valence-electron chi connectivity index (χ2n) is 8.65. The zero-order chi connectivity index (χ0) is 27.0. The van der Waals surface area contributed by atoms with E-state index in [1.165, 1.54) is 11.3 Å². The standard InChI is InChI=1S/C29H25ClN2O5S/c1-4-36-22-14-17(13-21(30)26(22)33)15-23-27(34)32-25(20-12-8-10-18-9-6-7-11-19(18)20)24(28(35)37-5-2)16(3)31-29(32)38-23/h6-15,25,33H,4-5H2,1-3H3/b23-15-/t25-/m1/s1. The maximum absolute atomic E-state index is 13.9. The van der Waals surface area contributed by atoms with Crippen LogP contribution in [-0.2, 0) is 9.53 Å². The van der Waals surface area contributed by atoms with Crippen molar-refractivity contribution in [3.8, 4) is 11.5 Å². The predicted octanol–water partition coefficient (Wildman–Crippen LogP) is 4.71. The van der Waals surface area contributed by atoms with Crippen molar-refractivity contribution in [1.29, 1.82) is 0 Å². The van der Waals surface area contributed by atoms with Gasteiger partial charge in [0.05, 0.1) is 40.1 Å². The number of allylic oxidation sites excluding steroid dienone is 1. The number of nitrogens with zero attached hydrogens (tertiary/aromatic N) is 2. The van der Waals surface area contributed by atoms with Crippen molar-refractivity contribution in [3.63, 3.8) is 0 Å². The topological polar surface area (TPSA) is 90.1 Å². The third kappa shape index (κ3) is 4.50. The van der Waals surface area contributed by atoms with Gasteiger partial charge in [-0.3, -0.25) is 9.36 Å². The summed E-state index contributed by atoms with van der Waals surface area (Å²) in [4.78, 5) is 32.2. The molecule has 0 spiro atoms. The summed E-state index contributed by atoms with van der Waals surface area (Å²) in [5.41, 5.74) is 1.92. The van der Waals surface area contributed by atoms with E-state index < -0.39 is 12.0 Å². The van der Waals surface area contributed by atoms with E-state index in [0.717, 1.165) is 16.3 Å². The molecule has 0 unspecified atom stereocenters. The van der Waals surface area contributed by atoms with Crippen LogP contribution in [-0.4, -0.2) is 28.9 Å². The van der Waals surface area contributed by atoms with Crippen LogP contribution in [0.1, 0.15) is 37.9 Å². The molecule has 7 nitrogen and oxygen atoms in total. The van der Waals surface area contributed by atoms with E-state index in [0.29, 0.717) is 32.8 Å². The highest BCUT2D eigenvalue weighted by Gasteiger charge is 2.34. The lowest BCUT2D eigenvalue weighted by molar-refractivity contribution is -0.139. The minimum Gasteiger partial charge on any atom is -0.503 e. The number of hydrogen-bond donors (Lipinski definition) is 1. The highest BCUT2D eigenvalue weighted by atomic mass is 35.5. The van der Waals surface area contributed by atoms with Crippen molar-refractivity contribution < 1.29 is 19.4 Å². The second-order valence-corrected chi connectivity index (χ2v) is 10.1. The molecule has 0 fully saturated rings. The van der Waals surface area contributed by atoms with Crippen molar-refractivity contribution in [2.45, 2.75) is 26.8 Å². The molecule has 3 aromatic carbocycles. The van der Waals surface area contributed by atoms with Gasteiger partial charge in [0.1, 0.15) is 0 Å². The Morgan fingerprint density at radius 3 is 2.68 bits per heavy atom. The van der Waals surface area contributed by atoms with E-state index in [4.69, 9.17) is 21.1 Å². The number of phenols is 1. The number of thiazole rings is 1. The van der Waals surface area contributed by atoms with Gasteiger partial charge in [0, 0.05) is 0 Å². The second kappa shape index (κ2) is 10.5. The molecule has 1 N–H and O–H groups in total. The fraction of sp³-hybridized carbons (Fsp3) is 0.207. The van der Waals surface area contributed by atoms with E-state index in [1.807, 2.05) is 42.5 Å². The molecule has 4 aromatic rings. The number of aromatic nitrogens is 1. The first kappa shape index (κ1) is 25.8. The Kier molecular flexibility index (Phi) is 7.10. The number of halogens is 1. The zero-order valence-corrected chi connectivity index (χ0v) is 22.6. The first-order valence-electron chi connectivity index (χ1n) is 12.2. The maximum Gasteiger partial charge on any atom is 0.338 e. The summed E-state index contributed by atoms with van der Waals surface area (Å²) in [7, 11) is 0. The molecule has 1 aliphatic heterocycles. The lowest BCUT2D eigenvalue weighted by Crippen LogP contribution is -2.40. The Morgan fingerprint density at radius 1 is 1.16 bits per heavy atom. The van der Waals surface area contributed by atoms with Crippen LogP contribution in [0.3, 0.4) is 0 Å². The summed E-state index contributed by atoms with van der Waals surface area (Å²) in [5.74, 6) is -0.432. The van der Waals surface area contributed by atoms with Gasteiger partial charge in [-0.25, -0.2) is 9.79 Å². The number of rotatable bonds is 6. The fourth-order valence-corrected chi connectivity index (χ4v) is 5.93. The molecule has 2 heterocycles. The summed E-state index contributed by atoms with van der Waals surface area (Å²) in [5, 5.41) is 12.2. The van der Waals surface area contributed by atoms with Gasteiger partial charge in [0.25, 0.3) is 5.56 Å². The number of phenolic OH excluding ortho intramolecular Hbond substituents is 1. The highest BCUT2D eigenvalue weighted by Crippen LogP contribution is 2.36. The predicted molar refractivity (Wildman–Crippen MR) is 149 cm³/mol. The Balaban J connectivity index is 1.77. The van der Waals surface area contributed by atoms with Gasteiger partial charge >= 0.3 is 5.97 Å². The Morgan fingerprint density at radius 2 is 1.92 bits per heavy atom. The first-order chi connectivity index (χ1) is 18.3. The van der Waals surface area contributed by atoms with E-state index >= 15 is 0 Å². The van der Waals surface area contributed by atoms with Crippen LogP contribution < -0.4 is 19.6 Å². The first-order valence-corrected chi connectivity index (χ1v) is 13.4. The maximum atomic E-state index is 13.9. The zero-order valence-electron chi connectivity index (χ0n) is 21.0. The monoisotopic (exact) mass is 548 g/mol. The van der Waals surface area contributed by atoms with Gasteiger partial charge in [-0.1, -0.05) is 65.4 Å². The van der Waals surface area contributed by atoms with E-state index in [9.17, 15) is 14.7 Å². The number of esters is 1. The molecule has 0 radical (unpaired) electrons. The summed E-state index contributed by atoms with van der Waals surface area (Å²) < 4.78 is 12.9. The van der Waals surface area contributed by atoms with Gasteiger partial charge in [0.15, 0.2) is 16.3 Å². The average Bonchev–Trinajstić information content (AvgIpc) is 3.20. The molecule has 1 aromatic heterocycles. The fourth-order valence-electron chi connectivity index (χ4n) is 4.67. The van der Waals surface area contributed by atoms with Gasteiger partial charge < -0.3 is 14.6 Å². The Bertz CT molecular complexity index is 1780. The number of ether oxygens (including phenoxy) is 2. The van der Waals surface area contributed by atoms with Crippen LogP contribution in [0, 0.1) is 0 Å². The van der Waals surface area contributed by atoms with Crippen LogP contribution in [0.5, 0.6) is 11.5 Å². The summed E-state index contributed by atoms with van der Waals surface area (Å²) >= 11 is 7.43. The molecular formula is C29H25ClN2O5S. The average molecular weight is 549 g/mol. The molecule has 9 heteroatoms. The number of carbonyl (C=O) groups is 1. The van der Waals surface area contributed by atoms with Crippen molar-refractivity contribution in [1.82, 2.24) is 4.57 Å². The Labute approximate surface area is 227 Å². The molecule has 38 heavy (non-hydrogen) atoms. The van der Waals surface area contributed by atoms with Crippen LogP contribution in [0.2, 0.25) is 5.02 Å². The molecule has 194 valence electrons. The molecular weight excluding hydrogens is 524 g/mol. The molecule has 0 amide bonds. The van der Waals surface area contributed by atoms with Gasteiger partial charge in [0.2, 0.25) is 0 Å². The number of fused-ring (bicyclic) bond motifs is 2. The largest absolute Gasteiger partial charge is 0.503 e. The highest BCUT2D eigenvalue weighted by molar-refractivity contribution is 7.07. The SMILES string of the molecule is CCOC(=O)C1=C(C)N=c2s/c(=C\c3cc(Cl)c(O)c(OCC)c3)c(=O)n2[C@@H]1c1cccc2ccccc12. The molecule has 1 aliphatic rings. The molecule has 1 atom stereocenters. The minimum atomic E-state index is -0.721. The Hall–Kier alpha value is -3.88. The van der Waals surface area contributed by atoms with Crippen LogP contribution in [0.25, 0.3) is 16.8 Å². The smallest absolute Gasteiger partial charge is 0.338 e. The van der Waals surface area contributed by atoms with Crippen molar-refractivity contribution >= 4 is 45.8 Å². The summed E-state index contributed by atoms with van der Waals surface area (Å²) in [6.45, 7) is 5.85. The number of benzene rings is 3. The molecule has 0 aliphatic carbocycles. The van der Waals surface area contributed by atoms with Gasteiger partial charge in [-0.15, -0.1) is 0 Å². The molecule has 0 bridgehead atoms. The summed E-state index contributed by atoms with van der Waals surface area (Å²) in [6, 6.07) is 16.2. The van der Waals surface area contributed by atoms with E-state index in [1.54, 1.807) is 43.5 Å². The van der Waals surface area contributed by atoms with Crippen LogP contribution in [0.15, 0.2) is 75.7 Å². The number of aromatic hydroxyl groups is 1. The molecule has 5 rings (SSSR count). The minimum absolute atomic E-state index is 0.115. The van der Waals surface area contributed by atoms with Gasteiger partial charge in [-0.05, 0) is 60.9 Å². The lowest BCUT2D eigenvalue weighted by atomic mass is 9.91. The van der Waals surface area contributed by atoms with Crippen molar-refractivity contribution in [2.24, 2.45) is 4.99 Å². The lowest BCUT2D eigenvalue weighted by Gasteiger charge is -2.25. The summed E-state index contributed by atoms with van der Waals surface area (Å²) in [6.07, 6.45) is 1.68. The van der Waals surface area contributed by atoms with Crippen molar-refractivity contribution in [2.75, 3.05) is 13.2 Å². The van der Waals surface area contributed by atoms with Gasteiger partial charge in [-0.2, -0.15) is 0 Å². The van der Waals surface area contributed by atoms with Crippen molar-refractivity contribution in [3.05, 3.63) is 102 Å². The van der Waals surface area contributed by atoms with Crippen LogP contribution >= 0.6 is 22.9 Å². The van der Waals surface area contributed by atoms with E-state index in [-0.39, 0.29) is 28.7 Å². The molecule has 0 saturated heterocycles. The van der Waals surface area contributed by atoms with Crippen LogP contribution in [0.4, 0.5) is 0 Å². The van der Waals surface area contributed by atoms with E-state index in [2.05, 4.69) is 4.99 Å². The molecule has 0 saturated carbocycles. The normalized spacial score (nSPS) is 15.4. The third-order valence-electron chi connectivity index (χ3n) is 6.28. The quantitative estimate of drug-likeness (QED) is 0.352.